The minimum atomic E-state index is -1.51. The van der Waals surface area contributed by atoms with Gasteiger partial charge in [0.05, 0.1) is 26.4 Å². The van der Waals surface area contributed by atoms with Gasteiger partial charge in [-0.15, -0.1) is 47.9 Å². The molecule has 0 aromatic rings. The van der Waals surface area contributed by atoms with Gasteiger partial charge in [0.15, 0.2) is 10.8 Å². The maximum absolute atomic E-state index is 12.1. The summed E-state index contributed by atoms with van der Waals surface area (Å²) in [6.07, 6.45) is 5.26. The van der Waals surface area contributed by atoms with Crippen molar-refractivity contribution in [1.29, 1.82) is 0 Å². The molecule has 0 aromatic heterocycles. The highest BCUT2D eigenvalue weighted by Gasteiger charge is 2.48. The van der Waals surface area contributed by atoms with Gasteiger partial charge < -0.3 is 18.9 Å². The summed E-state index contributed by atoms with van der Waals surface area (Å²) in [5.41, 5.74) is -2.96. The van der Waals surface area contributed by atoms with E-state index in [2.05, 4.69) is 41.4 Å². The zero-order chi connectivity index (χ0) is 28.7. The van der Waals surface area contributed by atoms with Crippen molar-refractivity contribution in [3.63, 3.8) is 0 Å². The molecule has 37 heavy (non-hydrogen) atoms. The molecule has 0 amide bonds. The van der Waals surface area contributed by atoms with Gasteiger partial charge in [0.25, 0.3) is 0 Å². The molecule has 0 atom stereocenters. The quantitative estimate of drug-likeness (QED) is 0.169. The first-order valence-electron chi connectivity index (χ1n) is 12.0. The molecule has 0 N–H and O–H groups in total. The first-order chi connectivity index (χ1) is 17.7. The number of hydrogen-bond donors (Lipinski definition) is 0. The van der Waals surface area contributed by atoms with E-state index in [1.165, 1.54) is 0 Å². The number of carbonyl (C=O) groups excluding carboxylic acids is 4. The van der Waals surface area contributed by atoms with Crippen LogP contribution in [0.4, 0.5) is 0 Å². The van der Waals surface area contributed by atoms with Crippen LogP contribution in [0.25, 0.3) is 0 Å². The molecule has 0 unspecified atom stereocenters. The molecule has 0 rings (SSSR count). The fraction of sp³-hybridized carbons (Fsp3) is 0.586. The largest absolute Gasteiger partial charge is 0.465 e. The van der Waals surface area contributed by atoms with Crippen LogP contribution in [0, 0.1) is 58.7 Å². The lowest BCUT2D eigenvalue weighted by Crippen LogP contribution is -2.41. The third kappa shape index (κ3) is 11.2. The Balaban J connectivity index is 0. The maximum atomic E-state index is 12.1. The SMILES string of the molecule is C#CCC(CC#CC)(C(=O)OCC)C(=O)OCC.CC#CCC(CC#CC)(C(=O)OCC)C(=O)OCC. The highest BCUT2D eigenvalue weighted by Crippen LogP contribution is 2.31. The van der Waals surface area contributed by atoms with Crippen LogP contribution < -0.4 is 0 Å². The Labute approximate surface area is 221 Å². The standard InChI is InChI=1S/C15H20O4.C14H18O4/c1-5-9-11-15(12-10-6-2,13(16)18-7-3)14(17)19-8-4;1-5-9-11-14(10-6-2,12(15)17-7-3)13(16)18-8-4/h7-8,11-12H2,1-4H3;2H,7-8,10-11H2,1,3-4H3. The Morgan fingerprint density at radius 2 is 0.784 bits per heavy atom. The van der Waals surface area contributed by atoms with Gasteiger partial charge in [0.1, 0.15) is 0 Å². The van der Waals surface area contributed by atoms with Crippen LogP contribution in [0.5, 0.6) is 0 Å². The molecule has 202 valence electrons. The van der Waals surface area contributed by atoms with Crippen molar-refractivity contribution in [2.24, 2.45) is 10.8 Å². The number of hydrogen-bond acceptors (Lipinski definition) is 8. The summed E-state index contributed by atoms with van der Waals surface area (Å²) >= 11 is 0. The lowest BCUT2D eigenvalue weighted by Gasteiger charge is -2.25. The summed E-state index contributed by atoms with van der Waals surface area (Å²) in [7, 11) is 0. The molecule has 8 nitrogen and oxygen atoms in total. The Bertz CT molecular complexity index is 923. The predicted octanol–water partition coefficient (Wildman–Crippen LogP) is 3.46. The average molecular weight is 515 g/mol. The second-order valence-corrected chi connectivity index (χ2v) is 7.24. The van der Waals surface area contributed by atoms with E-state index in [0.29, 0.717) is 0 Å². The summed E-state index contributed by atoms with van der Waals surface area (Å²) < 4.78 is 19.8. The zero-order valence-electron chi connectivity index (χ0n) is 23.0. The number of carbonyl (C=O) groups is 4. The molecule has 0 aliphatic heterocycles. The van der Waals surface area contributed by atoms with Crippen molar-refractivity contribution in [2.45, 2.75) is 74.1 Å². The average Bonchev–Trinajstić information content (AvgIpc) is 2.87. The molecule has 0 spiro atoms. The highest BCUT2D eigenvalue weighted by molar-refractivity contribution is 6.01. The summed E-state index contributed by atoms with van der Waals surface area (Å²) in [6.45, 7) is 12.3. The van der Waals surface area contributed by atoms with Crippen molar-refractivity contribution >= 4 is 23.9 Å². The summed E-state index contributed by atoms with van der Waals surface area (Å²) in [6, 6.07) is 0. The lowest BCUT2D eigenvalue weighted by molar-refractivity contribution is -0.173. The summed E-state index contributed by atoms with van der Waals surface area (Å²) in [4.78, 5) is 48.3. The minimum Gasteiger partial charge on any atom is -0.465 e. The van der Waals surface area contributed by atoms with Crippen molar-refractivity contribution in [2.75, 3.05) is 26.4 Å². The van der Waals surface area contributed by atoms with Gasteiger partial charge in [-0.25, -0.2) is 0 Å². The first kappa shape index (κ1) is 35.3. The number of esters is 4. The molecule has 0 saturated heterocycles. The van der Waals surface area contributed by atoms with Crippen LogP contribution in [0.1, 0.15) is 74.1 Å². The Kier molecular flexibility index (Phi) is 19.4. The van der Waals surface area contributed by atoms with Gasteiger partial charge in [-0.05, 0) is 48.5 Å². The van der Waals surface area contributed by atoms with Crippen molar-refractivity contribution in [3.05, 3.63) is 0 Å². The van der Waals surface area contributed by atoms with Crippen LogP contribution >= 0.6 is 0 Å². The summed E-state index contributed by atoms with van der Waals surface area (Å²) in [5.74, 6) is 15.9. The number of rotatable bonds is 12. The van der Waals surface area contributed by atoms with Crippen molar-refractivity contribution < 1.29 is 38.1 Å². The molecule has 8 heteroatoms. The van der Waals surface area contributed by atoms with Crippen LogP contribution in [-0.2, 0) is 38.1 Å². The molecule has 0 radical (unpaired) electrons. The van der Waals surface area contributed by atoms with Gasteiger partial charge in [0.2, 0.25) is 0 Å². The Morgan fingerprint density at radius 3 is 0.973 bits per heavy atom. The summed E-state index contributed by atoms with van der Waals surface area (Å²) in [5, 5.41) is 0. The zero-order valence-corrected chi connectivity index (χ0v) is 23.0. The van der Waals surface area contributed by atoms with Crippen molar-refractivity contribution in [3.8, 4) is 47.9 Å². The van der Waals surface area contributed by atoms with E-state index < -0.39 is 34.7 Å². The second kappa shape index (κ2) is 20.3. The molecule has 0 bridgehead atoms. The number of terminal acetylenes is 1. The van der Waals surface area contributed by atoms with Crippen molar-refractivity contribution in [1.82, 2.24) is 0 Å². The highest BCUT2D eigenvalue weighted by atomic mass is 16.6. The topological polar surface area (TPSA) is 105 Å². The van der Waals surface area contributed by atoms with Gasteiger partial charge in [-0.3, -0.25) is 19.2 Å². The molecular formula is C29H38O8. The van der Waals surface area contributed by atoms with Gasteiger partial charge in [-0.2, -0.15) is 0 Å². The van der Waals surface area contributed by atoms with E-state index >= 15 is 0 Å². The smallest absolute Gasteiger partial charge is 0.325 e. The normalized spacial score (nSPS) is 9.57. The predicted molar refractivity (Wildman–Crippen MR) is 139 cm³/mol. The number of ether oxygens (including phenoxy) is 4. The van der Waals surface area contributed by atoms with E-state index in [1.807, 2.05) is 0 Å². The fourth-order valence-corrected chi connectivity index (χ4v) is 2.84. The van der Waals surface area contributed by atoms with Crippen LogP contribution in [-0.4, -0.2) is 50.3 Å². The van der Waals surface area contributed by atoms with E-state index in [-0.39, 0.29) is 52.1 Å². The molecule has 0 aliphatic rings. The third-order valence-electron chi connectivity index (χ3n) is 4.77. The Hall–Kier alpha value is -3.88. The molecule has 0 aromatic carbocycles. The van der Waals surface area contributed by atoms with E-state index in [1.54, 1.807) is 48.5 Å². The van der Waals surface area contributed by atoms with Gasteiger partial charge in [0, 0.05) is 25.7 Å². The van der Waals surface area contributed by atoms with E-state index in [9.17, 15) is 19.2 Å². The second-order valence-electron chi connectivity index (χ2n) is 7.24. The van der Waals surface area contributed by atoms with Crippen LogP contribution in [0.2, 0.25) is 0 Å². The van der Waals surface area contributed by atoms with E-state index in [0.717, 1.165) is 0 Å². The first-order valence-corrected chi connectivity index (χ1v) is 12.0. The molecule has 0 saturated carbocycles. The van der Waals surface area contributed by atoms with Gasteiger partial charge >= 0.3 is 23.9 Å². The molecule has 0 fully saturated rings. The van der Waals surface area contributed by atoms with Gasteiger partial charge in [-0.1, -0.05) is 0 Å². The molecule has 0 aliphatic carbocycles. The Morgan fingerprint density at radius 1 is 0.541 bits per heavy atom. The maximum Gasteiger partial charge on any atom is 0.325 e. The van der Waals surface area contributed by atoms with Crippen LogP contribution in [0.3, 0.4) is 0 Å². The van der Waals surface area contributed by atoms with E-state index in [4.69, 9.17) is 25.4 Å². The molecular weight excluding hydrogens is 476 g/mol. The lowest BCUT2D eigenvalue weighted by atomic mass is 9.81. The molecule has 0 heterocycles. The van der Waals surface area contributed by atoms with Crippen LogP contribution in [0.15, 0.2) is 0 Å². The minimum absolute atomic E-state index is 0.00532. The monoisotopic (exact) mass is 514 g/mol. The fourth-order valence-electron chi connectivity index (χ4n) is 2.84. The third-order valence-corrected chi connectivity index (χ3v) is 4.77.